The maximum atomic E-state index is 12.0. The van der Waals surface area contributed by atoms with Gasteiger partial charge in [-0.25, -0.2) is 0 Å². The maximum Gasteiger partial charge on any atom is 0.231 e. The number of carbonyl (C=O) groups is 2. The lowest BCUT2D eigenvalue weighted by molar-refractivity contribution is -0.135. The van der Waals surface area contributed by atoms with Crippen LogP contribution < -0.4 is 5.32 Å². The van der Waals surface area contributed by atoms with Gasteiger partial charge in [-0.2, -0.15) is 0 Å². The van der Waals surface area contributed by atoms with Crippen LogP contribution in [0.4, 0.5) is 0 Å². The minimum Gasteiger partial charge on any atom is -0.376 e. The largest absolute Gasteiger partial charge is 0.376 e. The van der Waals surface area contributed by atoms with Gasteiger partial charge in [-0.15, -0.1) is 0 Å². The fourth-order valence-corrected chi connectivity index (χ4v) is 2.34. The highest BCUT2D eigenvalue weighted by molar-refractivity contribution is 5.96. The third-order valence-corrected chi connectivity index (χ3v) is 3.77. The molecule has 2 amide bonds. The minimum atomic E-state index is -0.240. The van der Waals surface area contributed by atoms with E-state index in [1.807, 2.05) is 12.1 Å². The molecular formula is C16H23N3O3. The first-order valence-electron chi connectivity index (χ1n) is 7.66. The molecule has 1 fully saturated rings. The number of pyridine rings is 1. The van der Waals surface area contributed by atoms with Crippen LogP contribution in [0.5, 0.6) is 0 Å². The molecule has 1 unspecified atom stereocenters. The third kappa shape index (κ3) is 5.44. The molecule has 0 aromatic carbocycles. The fraction of sp³-hybridized carbons (Fsp3) is 0.562. The summed E-state index contributed by atoms with van der Waals surface area (Å²) < 4.78 is 5.43. The highest BCUT2D eigenvalue weighted by Crippen LogP contribution is 2.10. The standard InChI is InChI=1S/C16H23N3O3/c1-19(9-6-13-4-7-17-8-5-13)16(21)11-15(20)18-12-14-3-2-10-22-14/h4-5,7-8,14H,2-3,6,9-12H2,1H3,(H,18,20). The number of likely N-dealkylation sites (N-methyl/N-ethyl adjacent to an activating group) is 1. The Morgan fingerprint density at radius 1 is 1.41 bits per heavy atom. The molecule has 6 heteroatoms. The van der Waals surface area contributed by atoms with Crippen LogP contribution in [0.15, 0.2) is 24.5 Å². The first-order chi connectivity index (χ1) is 10.6. The Morgan fingerprint density at radius 2 is 2.18 bits per heavy atom. The molecule has 2 rings (SSSR count). The average Bonchev–Trinajstić information content (AvgIpc) is 3.05. The average molecular weight is 305 g/mol. The van der Waals surface area contributed by atoms with Crippen LogP contribution in [0.25, 0.3) is 0 Å². The SMILES string of the molecule is CN(CCc1ccncc1)C(=O)CC(=O)NCC1CCCO1. The monoisotopic (exact) mass is 305 g/mol. The lowest BCUT2D eigenvalue weighted by atomic mass is 10.2. The predicted octanol–water partition coefficient (Wildman–Crippen LogP) is 0.768. The molecule has 0 radical (unpaired) electrons. The number of nitrogens with zero attached hydrogens (tertiary/aromatic N) is 2. The van der Waals surface area contributed by atoms with E-state index in [1.54, 1.807) is 24.3 Å². The van der Waals surface area contributed by atoms with Crippen molar-refractivity contribution in [3.8, 4) is 0 Å². The lowest BCUT2D eigenvalue weighted by Gasteiger charge is -2.17. The summed E-state index contributed by atoms with van der Waals surface area (Å²) in [5, 5.41) is 2.76. The van der Waals surface area contributed by atoms with Crippen molar-refractivity contribution in [1.82, 2.24) is 15.2 Å². The van der Waals surface area contributed by atoms with Gasteiger partial charge < -0.3 is 15.0 Å². The topological polar surface area (TPSA) is 71.5 Å². The second-order valence-corrected chi connectivity index (χ2v) is 5.54. The molecule has 0 bridgehead atoms. The molecule has 1 aromatic heterocycles. The van der Waals surface area contributed by atoms with Crippen LogP contribution in [0, 0.1) is 0 Å². The van der Waals surface area contributed by atoms with Gasteiger partial charge in [0, 0.05) is 39.1 Å². The van der Waals surface area contributed by atoms with E-state index in [9.17, 15) is 9.59 Å². The van der Waals surface area contributed by atoms with E-state index >= 15 is 0 Å². The van der Waals surface area contributed by atoms with Gasteiger partial charge in [-0.1, -0.05) is 0 Å². The number of rotatable bonds is 7. The van der Waals surface area contributed by atoms with E-state index in [-0.39, 0.29) is 24.3 Å². The van der Waals surface area contributed by atoms with Crippen LogP contribution in [0.3, 0.4) is 0 Å². The highest BCUT2D eigenvalue weighted by atomic mass is 16.5. The summed E-state index contributed by atoms with van der Waals surface area (Å²) in [5.41, 5.74) is 1.12. The molecule has 0 aliphatic carbocycles. The maximum absolute atomic E-state index is 12.0. The molecular weight excluding hydrogens is 282 g/mol. The molecule has 6 nitrogen and oxygen atoms in total. The van der Waals surface area contributed by atoms with Crippen LogP contribution in [-0.4, -0.2) is 54.5 Å². The highest BCUT2D eigenvalue weighted by Gasteiger charge is 2.18. The number of hydrogen-bond acceptors (Lipinski definition) is 4. The van der Waals surface area contributed by atoms with Crippen molar-refractivity contribution in [2.24, 2.45) is 0 Å². The van der Waals surface area contributed by atoms with Crippen LogP contribution in [0.2, 0.25) is 0 Å². The summed E-state index contributed by atoms with van der Waals surface area (Å²) in [4.78, 5) is 29.3. The van der Waals surface area contributed by atoms with Gasteiger partial charge in [-0.3, -0.25) is 14.6 Å². The number of carbonyl (C=O) groups excluding carboxylic acids is 2. The zero-order chi connectivity index (χ0) is 15.8. The zero-order valence-corrected chi connectivity index (χ0v) is 13.0. The van der Waals surface area contributed by atoms with Crippen LogP contribution in [-0.2, 0) is 20.7 Å². The molecule has 1 N–H and O–H groups in total. The number of aromatic nitrogens is 1. The molecule has 1 atom stereocenters. The number of nitrogens with one attached hydrogen (secondary N) is 1. The van der Waals surface area contributed by atoms with Crippen LogP contribution in [0.1, 0.15) is 24.8 Å². The molecule has 1 saturated heterocycles. The second kappa shape index (κ2) is 8.48. The lowest BCUT2D eigenvalue weighted by Crippen LogP contribution is -2.37. The predicted molar refractivity (Wildman–Crippen MR) is 82.2 cm³/mol. The Hall–Kier alpha value is -1.95. The Morgan fingerprint density at radius 3 is 2.86 bits per heavy atom. The van der Waals surface area contributed by atoms with Gasteiger partial charge in [0.05, 0.1) is 6.10 Å². The number of hydrogen-bond donors (Lipinski definition) is 1. The molecule has 1 aliphatic rings. The Labute approximate surface area is 130 Å². The molecule has 1 aromatic rings. The van der Waals surface area contributed by atoms with Crippen molar-refractivity contribution in [3.05, 3.63) is 30.1 Å². The van der Waals surface area contributed by atoms with Gasteiger partial charge in [0.1, 0.15) is 6.42 Å². The van der Waals surface area contributed by atoms with Crippen LogP contribution >= 0.6 is 0 Å². The Balaban J connectivity index is 1.65. The molecule has 120 valence electrons. The van der Waals surface area contributed by atoms with E-state index in [2.05, 4.69) is 10.3 Å². The normalized spacial score (nSPS) is 17.2. The summed E-state index contributed by atoms with van der Waals surface area (Å²) in [6, 6.07) is 3.85. The van der Waals surface area contributed by atoms with E-state index in [1.165, 1.54) is 0 Å². The summed E-state index contributed by atoms with van der Waals surface area (Å²) >= 11 is 0. The smallest absolute Gasteiger partial charge is 0.231 e. The zero-order valence-electron chi connectivity index (χ0n) is 13.0. The number of amides is 2. The molecule has 0 saturated carbocycles. The molecule has 1 aliphatic heterocycles. The fourth-order valence-electron chi connectivity index (χ4n) is 2.34. The summed E-state index contributed by atoms with van der Waals surface area (Å²) in [6.07, 6.45) is 6.22. The van der Waals surface area contributed by atoms with Crippen molar-refractivity contribution in [1.29, 1.82) is 0 Å². The Kier molecular flexibility index (Phi) is 6.33. The first-order valence-corrected chi connectivity index (χ1v) is 7.66. The van der Waals surface area contributed by atoms with Gasteiger partial charge >= 0.3 is 0 Å². The summed E-state index contributed by atoms with van der Waals surface area (Å²) in [6.45, 7) is 1.84. The molecule has 2 heterocycles. The summed E-state index contributed by atoms with van der Waals surface area (Å²) in [7, 11) is 1.72. The van der Waals surface area contributed by atoms with E-state index in [4.69, 9.17) is 4.74 Å². The molecule has 22 heavy (non-hydrogen) atoms. The summed E-state index contributed by atoms with van der Waals surface area (Å²) in [5.74, 6) is -0.407. The van der Waals surface area contributed by atoms with Crippen molar-refractivity contribution >= 4 is 11.8 Å². The van der Waals surface area contributed by atoms with Gasteiger partial charge in [0.2, 0.25) is 11.8 Å². The van der Waals surface area contributed by atoms with Crippen molar-refractivity contribution in [2.45, 2.75) is 31.8 Å². The first kappa shape index (κ1) is 16.4. The van der Waals surface area contributed by atoms with Gasteiger partial charge in [0.25, 0.3) is 0 Å². The van der Waals surface area contributed by atoms with Gasteiger partial charge in [0.15, 0.2) is 0 Å². The van der Waals surface area contributed by atoms with Crippen molar-refractivity contribution < 1.29 is 14.3 Å². The van der Waals surface area contributed by atoms with E-state index in [0.717, 1.165) is 31.4 Å². The molecule has 0 spiro atoms. The second-order valence-electron chi connectivity index (χ2n) is 5.54. The van der Waals surface area contributed by atoms with Crippen molar-refractivity contribution in [2.75, 3.05) is 26.7 Å². The number of ether oxygens (including phenoxy) is 1. The van der Waals surface area contributed by atoms with Crippen molar-refractivity contribution in [3.63, 3.8) is 0 Å². The van der Waals surface area contributed by atoms with E-state index in [0.29, 0.717) is 13.1 Å². The quantitative estimate of drug-likeness (QED) is 0.755. The van der Waals surface area contributed by atoms with Gasteiger partial charge in [-0.05, 0) is 37.0 Å². The van der Waals surface area contributed by atoms with E-state index < -0.39 is 0 Å². The third-order valence-electron chi connectivity index (χ3n) is 3.77. The minimum absolute atomic E-state index is 0.100. The Bertz CT molecular complexity index is 487.